The molecule has 1 aliphatic rings. The molecule has 0 N–H and O–H groups in total. The lowest BCUT2D eigenvalue weighted by Gasteiger charge is -2.32. The fourth-order valence-corrected chi connectivity index (χ4v) is 4.37. The molecule has 1 fully saturated rings. The summed E-state index contributed by atoms with van der Waals surface area (Å²) in [4.78, 5) is 24.5. The second kappa shape index (κ2) is 10.0. The molecule has 0 bridgehead atoms. The van der Waals surface area contributed by atoms with Gasteiger partial charge in [0.25, 0.3) is 5.91 Å². The standard InChI is InChI=1S/C27H26FN5O2/c1-19-17-25(35-23-9-7-22(28)8-10-23)31-26(30-19)20-11-15-32(16-12-20)27(34)24-6-3-2-5-21(24)18-33-14-4-13-29-33/h2-10,13-14,17,20H,11-12,15-16,18H2,1H3. The van der Waals surface area contributed by atoms with E-state index in [1.165, 1.54) is 12.1 Å². The van der Waals surface area contributed by atoms with Crippen LogP contribution < -0.4 is 4.74 Å². The second-order valence-electron chi connectivity index (χ2n) is 8.69. The number of likely N-dealkylation sites (tertiary alicyclic amines) is 1. The minimum absolute atomic E-state index is 0.0386. The molecule has 0 unspecified atom stereocenters. The summed E-state index contributed by atoms with van der Waals surface area (Å²) in [7, 11) is 0. The van der Waals surface area contributed by atoms with Crippen molar-refractivity contribution in [2.45, 2.75) is 32.2 Å². The van der Waals surface area contributed by atoms with E-state index >= 15 is 0 Å². The van der Waals surface area contributed by atoms with Crippen LogP contribution in [0.5, 0.6) is 11.6 Å². The Morgan fingerprint density at radius 1 is 1.06 bits per heavy atom. The predicted molar refractivity (Wildman–Crippen MR) is 129 cm³/mol. The molecule has 3 heterocycles. The number of nitrogens with zero attached hydrogens (tertiary/aromatic N) is 5. The van der Waals surface area contributed by atoms with Crippen molar-refractivity contribution in [1.29, 1.82) is 0 Å². The number of rotatable bonds is 6. The molecule has 178 valence electrons. The molecule has 1 saturated heterocycles. The summed E-state index contributed by atoms with van der Waals surface area (Å²) in [5.74, 6) is 1.52. The molecule has 7 nitrogen and oxygen atoms in total. The van der Waals surface area contributed by atoms with Crippen molar-refractivity contribution in [3.8, 4) is 11.6 Å². The quantitative estimate of drug-likeness (QED) is 0.397. The largest absolute Gasteiger partial charge is 0.439 e. The lowest BCUT2D eigenvalue weighted by Crippen LogP contribution is -2.38. The van der Waals surface area contributed by atoms with Gasteiger partial charge in [0.05, 0.1) is 6.54 Å². The summed E-state index contributed by atoms with van der Waals surface area (Å²) < 4.78 is 20.8. The van der Waals surface area contributed by atoms with E-state index in [0.717, 1.165) is 24.1 Å². The summed E-state index contributed by atoms with van der Waals surface area (Å²) in [5.41, 5.74) is 2.47. The summed E-state index contributed by atoms with van der Waals surface area (Å²) in [6.45, 7) is 3.72. The van der Waals surface area contributed by atoms with E-state index in [9.17, 15) is 9.18 Å². The highest BCUT2D eigenvalue weighted by Gasteiger charge is 2.27. The molecule has 1 amide bonds. The van der Waals surface area contributed by atoms with Crippen molar-refractivity contribution in [3.63, 3.8) is 0 Å². The van der Waals surface area contributed by atoms with Gasteiger partial charge < -0.3 is 9.64 Å². The number of carbonyl (C=O) groups excluding carboxylic acids is 1. The number of hydrogen-bond donors (Lipinski definition) is 0. The van der Waals surface area contributed by atoms with Crippen molar-refractivity contribution in [3.05, 3.63) is 102 Å². The lowest BCUT2D eigenvalue weighted by atomic mass is 9.95. The summed E-state index contributed by atoms with van der Waals surface area (Å²) in [5, 5.41) is 4.26. The van der Waals surface area contributed by atoms with Gasteiger partial charge in [-0.2, -0.15) is 10.1 Å². The molecular weight excluding hydrogens is 445 g/mol. The SMILES string of the molecule is Cc1cc(Oc2ccc(F)cc2)nc(C2CCN(C(=O)c3ccccc3Cn3cccn3)CC2)n1. The Kier molecular flexibility index (Phi) is 6.52. The molecule has 1 aliphatic heterocycles. The Bertz CT molecular complexity index is 1300. The lowest BCUT2D eigenvalue weighted by molar-refractivity contribution is 0.0709. The van der Waals surface area contributed by atoms with Crippen molar-refractivity contribution < 1.29 is 13.9 Å². The Hall–Kier alpha value is -4.07. The van der Waals surface area contributed by atoms with E-state index in [0.29, 0.717) is 42.7 Å². The van der Waals surface area contributed by atoms with Crippen LogP contribution in [-0.4, -0.2) is 43.6 Å². The first-order chi connectivity index (χ1) is 17.0. The van der Waals surface area contributed by atoms with Crippen LogP contribution in [-0.2, 0) is 6.54 Å². The molecule has 2 aromatic carbocycles. The van der Waals surface area contributed by atoms with Crippen molar-refractivity contribution in [2.24, 2.45) is 0 Å². The minimum Gasteiger partial charge on any atom is -0.439 e. The van der Waals surface area contributed by atoms with E-state index in [1.54, 1.807) is 24.4 Å². The van der Waals surface area contributed by atoms with Gasteiger partial charge in [-0.25, -0.2) is 9.37 Å². The Morgan fingerprint density at radius 3 is 2.57 bits per heavy atom. The van der Waals surface area contributed by atoms with E-state index < -0.39 is 0 Å². The smallest absolute Gasteiger partial charge is 0.254 e. The number of benzene rings is 2. The second-order valence-corrected chi connectivity index (χ2v) is 8.69. The van der Waals surface area contributed by atoms with E-state index in [4.69, 9.17) is 4.74 Å². The normalized spacial score (nSPS) is 14.2. The molecular formula is C27H26FN5O2. The van der Waals surface area contributed by atoms with Gasteiger partial charge in [0, 0.05) is 48.7 Å². The van der Waals surface area contributed by atoms with Gasteiger partial charge in [0.2, 0.25) is 5.88 Å². The number of halogens is 1. The molecule has 8 heteroatoms. The fraction of sp³-hybridized carbons (Fsp3) is 0.259. The first kappa shape index (κ1) is 22.7. The zero-order valence-electron chi connectivity index (χ0n) is 19.5. The molecule has 4 aromatic rings. The number of aryl methyl sites for hydroxylation is 1. The predicted octanol–water partition coefficient (Wildman–Crippen LogP) is 4.98. The number of carbonyl (C=O) groups is 1. The zero-order valence-corrected chi connectivity index (χ0v) is 19.5. The van der Waals surface area contributed by atoms with Crippen LogP contribution in [0.4, 0.5) is 4.39 Å². The third kappa shape index (κ3) is 5.37. The topological polar surface area (TPSA) is 73.1 Å². The average molecular weight is 472 g/mol. The van der Waals surface area contributed by atoms with E-state index in [2.05, 4.69) is 15.1 Å². The first-order valence-corrected chi connectivity index (χ1v) is 11.7. The zero-order chi connectivity index (χ0) is 24.2. The molecule has 2 aromatic heterocycles. The van der Waals surface area contributed by atoms with Crippen LogP contribution in [0.1, 0.15) is 46.2 Å². The molecule has 5 rings (SSSR count). The van der Waals surface area contributed by atoms with E-state index in [-0.39, 0.29) is 17.6 Å². The van der Waals surface area contributed by atoms with Crippen LogP contribution in [0.2, 0.25) is 0 Å². The van der Waals surface area contributed by atoms with Crippen molar-refractivity contribution in [1.82, 2.24) is 24.6 Å². The fourth-order valence-electron chi connectivity index (χ4n) is 4.37. The van der Waals surface area contributed by atoms with Gasteiger partial charge in [-0.15, -0.1) is 0 Å². The number of amides is 1. The maximum absolute atomic E-state index is 13.3. The van der Waals surface area contributed by atoms with Crippen LogP contribution in [0.15, 0.2) is 73.1 Å². The summed E-state index contributed by atoms with van der Waals surface area (Å²) in [6, 6.07) is 17.2. The van der Waals surface area contributed by atoms with Crippen molar-refractivity contribution in [2.75, 3.05) is 13.1 Å². The highest BCUT2D eigenvalue weighted by Crippen LogP contribution is 2.29. The first-order valence-electron chi connectivity index (χ1n) is 11.7. The average Bonchev–Trinajstić information content (AvgIpc) is 3.38. The monoisotopic (exact) mass is 471 g/mol. The number of piperidine rings is 1. The molecule has 0 atom stereocenters. The third-order valence-corrected chi connectivity index (χ3v) is 6.17. The molecule has 35 heavy (non-hydrogen) atoms. The Labute approximate surface area is 203 Å². The van der Waals surface area contributed by atoms with Crippen LogP contribution in [0.3, 0.4) is 0 Å². The maximum Gasteiger partial charge on any atom is 0.254 e. The van der Waals surface area contributed by atoms with E-state index in [1.807, 2.05) is 53.0 Å². The number of ether oxygens (including phenoxy) is 1. The molecule has 0 spiro atoms. The molecule has 0 aliphatic carbocycles. The van der Waals surface area contributed by atoms with Gasteiger partial charge >= 0.3 is 0 Å². The Morgan fingerprint density at radius 2 is 1.83 bits per heavy atom. The summed E-state index contributed by atoms with van der Waals surface area (Å²) >= 11 is 0. The third-order valence-electron chi connectivity index (χ3n) is 6.17. The maximum atomic E-state index is 13.3. The van der Waals surface area contributed by atoms with Crippen LogP contribution in [0.25, 0.3) is 0 Å². The Balaban J connectivity index is 1.26. The highest BCUT2D eigenvalue weighted by molar-refractivity contribution is 5.95. The van der Waals surface area contributed by atoms with Crippen LogP contribution >= 0.6 is 0 Å². The number of aromatic nitrogens is 4. The molecule has 0 radical (unpaired) electrons. The van der Waals surface area contributed by atoms with Gasteiger partial charge in [-0.05, 0) is 61.7 Å². The van der Waals surface area contributed by atoms with Crippen molar-refractivity contribution >= 4 is 5.91 Å². The minimum atomic E-state index is -0.317. The highest BCUT2D eigenvalue weighted by atomic mass is 19.1. The molecule has 0 saturated carbocycles. The summed E-state index contributed by atoms with van der Waals surface area (Å²) in [6.07, 6.45) is 5.17. The van der Waals surface area contributed by atoms with Gasteiger partial charge in [0.15, 0.2) is 0 Å². The van der Waals surface area contributed by atoms with Gasteiger partial charge in [-0.3, -0.25) is 9.48 Å². The van der Waals surface area contributed by atoms with Gasteiger partial charge in [-0.1, -0.05) is 18.2 Å². The van der Waals surface area contributed by atoms with Gasteiger partial charge in [0.1, 0.15) is 17.4 Å². The number of hydrogen-bond acceptors (Lipinski definition) is 5. The van der Waals surface area contributed by atoms with Crippen LogP contribution in [0, 0.1) is 12.7 Å².